The molecule has 0 amide bonds. The molecule has 0 radical (unpaired) electrons. The predicted octanol–water partition coefficient (Wildman–Crippen LogP) is 3.59. The lowest BCUT2D eigenvalue weighted by Crippen LogP contribution is -2.15. The Balaban J connectivity index is 2.11. The van der Waals surface area contributed by atoms with Crippen LogP contribution < -0.4 is 0 Å². The predicted molar refractivity (Wildman–Crippen MR) is 101 cm³/mol. The van der Waals surface area contributed by atoms with Crippen LogP contribution in [-0.2, 0) is 6.42 Å². The number of imidazole rings is 1. The van der Waals surface area contributed by atoms with Gasteiger partial charge in [0.25, 0.3) is 0 Å². The molecule has 0 unspecified atom stereocenters. The SMILES string of the molecule is CN(C)CCc1nc(-c2cc(Cl)cc(C(=O)O)c2)c(-c2ccncc2)[nH]1. The average molecular weight is 371 g/mol. The third-order valence-corrected chi connectivity index (χ3v) is 4.15. The second-order valence-corrected chi connectivity index (χ2v) is 6.67. The number of carboxylic acids is 1. The van der Waals surface area contributed by atoms with Gasteiger partial charge in [0, 0.05) is 41.5 Å². The lowest BCUT2D eigenvalue weighted by atomic mass is 10.0. The standard InChI is InChI=1S/C19H19ClN4O2/c1-24(2)8-5-16-22-17(12-3-6-21-7-4-12)18(23-16)13-9-14(19(25)26)11-15(20)10-13/h3-4,6-7,9-11H,5,8H2,1-2H3,(H,22,23)(H,25,26). The summed E-state index contributed by atoms with van der Waals surface area (Å²) in [6, 6.07) is 8.51. The number of nitrogens with one attached hydrogen (secondary N) is 1. The summed E-state index contributed by atoms with van der Waals surface area (Å²) in [5.74, 6) is -0.194. The van der Waals surface area contributed by atoms with Gasteiger partial charge in [0.05, 0.1) is 17.0 Å². The Bertz CT molecular complexity index is 923. The van der Waals surface area contributed by atoms with Crippen molar-refractivity contribution < 1.29 is 9.90 Å². The van der Waals surface area contributed by atoms with Crippen LogP contribution in [0.3, 0.4) is 0 Å². The number of carboxylic acid groups (broad SMARTS) is 1. The summed E-state index contributed by atoms with van der Waals surface area (Å²) in [6.07, 6.45) is 4.16. The molecule has 2 aromatic heterocycles. The summed E-state index contributed by atoms with van der Waals surface area (Å²) in [6.45, 7) is 0.846. The van der Waals surface area contributed by atoms with E-state index < -0.39 is 5.97 Å². The Labute approximate surface area is 156 Å². The van der Waals surface area contributed by atoms with Crippen molar-refractivity contribution in [2.75, 3.05) is 20.6 Å². The first-order valence-electron chi connectivity index (χ1n) is 8.12. The van der Waals surface area contributed by atoms with Crippen LogP contribution in [0.4, 0.5) is 0 Å². The van der Waals surface area contributed by atoms with Crippen LogP contribution >= 0.6 is 11.6 Å². The van der Waals surface area contributed by atoms with Gasteiger partial charge >= 0.3 is 5.97 Å². The molecule has 26 heavy (non-hydrogen) atoms. The maximum Gasteiger partial charge on any atom is 0.335 e. The number of likely N-dealkylation sites (N-methyl/N-ethyl adjacent to an activating group) is 1. The van der Waals surface area contributed by atoms with Crippen molar-refractivity contribution in [3.63, 3.8) is 0 Å². The van der Waals surface area contributed by atoms with E-state index in [0.29, 0.717) is 16.3 Å². The van der Waals surface area contributed by atoms with Gasteiger partial charge in [-0.05, 0) is 44.4 Å². The summed E-state index contributed by atoms with van der Waals surface area (Å²) < 4.78 is 0. The Hall–Kier alpha value is -2.70. The largest absolute Gasteiger partial charge is 0.478 e. The molecule has 0 aliphatic rings. The summed E-state index contributed by atoms with van der Waals surface area (Å²) >= 11 is 6.13. The summed E-state index contributed by atoms with van der Waals surface area (Å²) in [5, 5.41) is 9.68. The highest BCUT2D eigenvalue weighted by Gasteiger charge is 2.17. The van der Waals surface area contributed by atoms with Crippen LogP contribution in [0.5, 0.6) is 0 Å². The molecule has 3 aromatic rings. The monoisotopic (exact) mass is 370 g/mol. The van der Waals surface area contributed by atoms with E-state index in [0.717, 1.165) is 30.0 Å². The van der Waals surface area contributed by atoms with Crippen LogP contribution in [0.2, 0.25) is 5.02 Å². The molecule has 7 heteroatoms. The Kier molecular flexibility index (Phi) is 5.35. The first-order chi connectivity index (χ1) is 12.4. The molecule has 134 valence electrons. The molecule has 0 bridgehead atoms. The lowest BCUT2D eigenvalue weighted by molar-refractivity contribution is 0.0697. The minimum absolute atomic E-state index is 0.131. The molecular formula is C19H19ClN4O2. The third kappa shape index (κ3) is 4.09. The zero-order chi connectivity index (χ0) is 18.7. The van der Waals surface area contributed by atoms with E-state index >= 15 is 0 Å². The number of aromatic carboxylic acids is 1. The Morgan fingerprint density at radius 1 is 1.19 bits per heavy atom. The molecule has 2 N–H and O–H groups in total. The normalized spacial score (nSPS) is 11.1. The van der Waals surface area contributed by atoms with E-state index in [2.05, 4.69) is 14.9 Å². The molecule has 6 nitrogen and oxygen atoms in total. The van der Waals surface area contributed by atoms with Crippen LogP contribution in [0.15, 0.2) is 42.7 Å². The first kappa shape index (κ1) is 18.1. The molecular weight excluding hydrogens is 352 g/mol. The summed E-state index contributed by atoms with van der Waals surface area (Å²) in [7, 11) is 4.01. The highest BCUT2D eigenvalue weighted by molar-refractivity contribution is 6.31. The minimum atomic E-state index is -1.03. The maximum atomic E-state index is 11.4. The number of pyridine rings is 1. The zero-order valence-electron chi connectivity index (χ0n) is 14.5. The number of halogens is 1. The molecule has 0 fully saturated rings. The molecule has 0 spiro atoms. The van der Waals surface area contributed by atoms with Gasteiger partial charge in [-0.1, -0.05) is 11.6 Å². The highest BCUT2D eigenvalue weighted by atomic mass is 35.5. The number of aromatic amines is 1. The van der Waals surface area contributed by atoms with Crippen molar-refractivity contribution in [3.8, 4) is 22.5 Å². The molecule has 0 aliphatic carbocycles. The minimum Gasteiger partial charge on any atom is -0.478 e. The van der Waals surface area contributed by atoms with Crippen molar-refractivity contribution in [3.05, 3.63) is 59.1 Å². The number of benzene rings is 1. The number of aromatic nitrogens is 3. The third-order valence-electron chi connectivity index (χ3n) is 3.94. The van der Waals surface area contributed by atoms with Crippen molar-refractivity contribution in [1.29, 1.82) is 0 Å². The van der Waals surface area contributed by atoms with Gasteiger partial charge in [-0.25, -0.2) is 9.78 Å². The van der Waals surface area contributed by atoms with E-state index in [9.17, 15) is 9.90 Å². The van der Waals surface area contributed by atoms with E-state index in [4.69, 9.17) is 16.6 Å². The van der Waals surface area contributed by atoms with Crippen LogP contribution in [0.25, 0.3) is 22.5 Å². The van der Waals surface area contributed by atoms with E-state index in [1.165, 1.54) is 6.07 Å². The number of nitrogens with zero attached hydrogens (tertiary/aromatic N) is 3. The van der Waals surface area contributed by atoms with Gasteiger partial charge in [-0.3, -0.25) is 4.98 Å². The van der Waals surface area contributed by atoms with Gasteiger partial charge in [0.15, 0.2) is 0 Å². The summed E-state index contributed by atoms with van der Waals surface area (Å²) in [4.78, 5) is 25.6. The van der Waals surface area contributed by atoms with Crippen LogP contribution in [-0.4, -0.2) is 51.6 Å². The van der Waals surface area contributed by atoms with E-state index in [1.54, 1.807) is 24.5 Å². The van der Waals surface area contributed by atoms with Crippen LogP contribution in [0, 0.1) is 0 Å². The average Bonchev–Trinajstić information content (AvgIpc) is 3.04. The Morgan fingerprint density at radius 3 is 2.58 bits per heavy atom. The van der Waals surface area contributed by atoms with Crippen LogP contribution in [0.1, 0.15) is 16.2 Å². The molecule has 0 atom stereocenters. The number of hydrogen-bond donors (Lipinski definition) is 2. The molecule has 1 aromatic carbocycles. The van der Waals surface area contributed by atoms with Gasteiger partial charge in [0.1, 0.15) is 5.82 Å². The van der Waals surface area contributed by atoms with E-state index in [-0.39, 0.29) is 5.56 Å². The molecule has 3 rings (SSSR count). The van der Waals surface area contributed by atoms with Crippen molar-refractivity contribution in [2.24, 2.45) is 0 Å². The second-order valence-electron chi connectivity index (χ2n) is 6.23. The van der Waals surface area contributed by atoms with Crippen molar-refractivity contribution >= 4 is 17.6 Å². The number of hydrogen-bond acceptors (Lipinski definition) is 4. The quantitative estimate of drug-likeness (QED) is 0.692. The van der Waals surface area contributed by atoms with Crippen molar-refractivity contribution in [2.45, 2.75) is 6.42 Å². The Morgan fingerprint density at radius 2 is 1.92 bits per heavy atom. The molecule has 0 saturated heterocycles. The fourth-order valence-electron chi connectivity index (χ4n) is 2.66. The topological polar surface area (TPSA) is 82.1 Å². The number of rotatable bonds is 6. The van der Waals surface area contributed by atoms with Gasteiger partial charge in [-0.2, -0.15) is 0 Å². The fraction of sp³-hybridized carbons (Fsp3) is 0.211. The smallest absolute Gasteiger partial charge is 0.335 e. The lowest BCUT2D eigenvalue weighted by Gasteiger charge is -2.06. The molecule has 0 saturated carbocycles. The first-order valence-corrected chi connectivity index (χ1v) is 8.50. The van der Waals surface area contributed by atoms with Gasteiger partial charge in [0.2, 0.25) is 0 Å². The highest BCUT2D eigenvalue weighted by Crippen LogP contribution is 2.32. The summed E-state index contributed by atoms with van der Waals surface area (Å²) in [5.41, 5.74) is 3.21. The molecule has 0 aliphatic heterocycles. The number of carbonyl (C=O) groups is 1. The second kappa shape index (κ2) is 7.68. The van der Waals surface area contributed by atoms with E-state index in [1.807, 2.05) is 26.2 Å². The zero-order valence-corrected chi connectivity index (χ0v) is 15.3. The maximum absolute atomic E-state index is 11.4. The number of H-pyrrole nitrogens is 1. The van der Waals surface area contributed by atoms with Crippen molar-refractivity contribution in [1.82, 2.24) is 19.9 Å². The fourth-order valence-corrected chi connectivity index (χ4v) is 2.89. The molecule has 2 heterocycles. The van der Waals surface area contributed by atoms with Gasteiger partial charge in [-0.15, -0.1) is 0 Å². The van der Waals surface area contributed by atoms with Gasteiger partial charge < -0.3 is 15.0 Å².